The van der Waals surface area contributed by atoms with Gasteiger partial charge in [0.05, 0.1) is 29.4 Å². The molecule has 0 unspecified atom stereocenters. The molecule has 0 saturated carbocycles. The molecule has 0 radical (unpaired) electrons. The number of anilines is 2. The molecule has 1 aliphatic heterocycles. The lowest BCUT2D eigenvalue weighted by atomic mass is 10.1. The van der Waals surface area contributed by atoms with E-state index in [1.54, 1.807) is 24.8 Å². The average Bonchev–Trinajstić information content (AvgIpc) is 2.80. The van der Waals surface area contributed by atoms with Crippen LogP contribution in [0.2, 0.25) is 0 Å². The van der Waals surface area contributed by atoms with Crippen LogP contribution < -0.4 is 15.0 Å². The molecule has 1 aliphatic rings. The minimum absolute atomic E-state index is 0.0460. The van der Waals surface area contributed by atoms with Gasteiger partial charge in [-0.3, -0.25) is 5.32 Å². The normalized spacial score (nSPS) is 15.1. The lowest BCUT2D eigenvalue weighted by Crippen LogP contribution is -2.48. The van der Waals surface area contributed by atoms with Crippen LogP contribution in [-0.4, -0.2) is 58.2 Å². The third-order valence-electron chi connectivity index (χ3n) is 5.18. The molecule has 2 aromatic rings. The van der Waals surface area contributed by atoms with E-state index in [2.05, 4.69) is 5.32 Å². The van der Waals surface area contributed by atoms with Crippen molar-refractivity contribution >= 4 is 27.5 Å². The number of piperazine rings is 1. The summed E-state index contributed by atoms with van der Waals surface area (Å²) in [5.74, 6) is 0.295. The third-order valence-corrected chi connectivity index (χ3v) is 7.07. The predicted octanol–water partition coefficient (Wildman–Crippen LogP) is 4.18. The van der Waals surface area contributed by atoms with Crippen molar-refractivity contribution in [2.45, 2.75) is 24.9 Å². The molecule has 186 valence electrons. The molecular formula is C22H26F3N3O5S. The summed E-state index contributed by atoms with van der Waals surface area (Å²) in [4.78, 5) is 13.5. The topological polar surface area (TPSA) is 88.2 Å². The van der Waals surface area contributed by atoms with Crippen molar-refractivity contribution in [3.8, 4) is 5.75 Å². The third kappa shape index (κ3) is 5.92. The Kier molecular flexibility index (Phi) is 7.93. The number of benzene rings is 2. The second-order valence-corrected chi connectivity index (χ2v) is 9.31. The molecule has 34 heavy (non-hydrogen) atoms. The van der Waals surface area contributed by atoms with E-state index in [-0.39, 0.29) is 43.4 Å². The first-order valence-electron chi connectivity index (χ1n) is 10.7. The molecule has 1 amide bonds. The summed E-state index contributed by atoms with van der Waals surface area (Å²) < 4.78 is 77.1. The standard InChI is InChI=1S/C22H26F3N3O5S/c1-3-32-20-9-8-18(15-19(20)26-21(29)33-4-2)34(30,31)28-12-10-27(11-13-28)17-7-5-6-16(14-17)22(23,24)25/h5-9,14-15H,3-4,10-13H2,1-2H3,(H,26,29). The van der Waals surface area contributed by atoms with E-state index < -0.39 is 27.9 Å². The fourth-order valence-corrected chi connectivity index (χ4v) is 4.99. The van der Waals surface area contributed by atoms with Crippen LogP contribution in [0.15, 0.2) is 47.4 Å². The molecule has 1 saturated heterocycles. The highest BCUT2D eigenvalue weighted by molar-refractivity contribution is 7.89. The van der Waals surface area contributed by atoms with Crippen LogP contribution in [-0.2, 0) is 20.9 Å². The molecular weight excluding hydrogens is 475 g/mol. The van der Waals surface area contributed by atoms with Crippen LogP contribution in [0, 0.1) is 0 Å². The van der Waals surface area contributed by atoms with Crippen LogP contribution in [0.4, 0.5) is 29.3 Å². The van der Waals surface area contributed by atoms with Gasteiger partial charge in [0.1, 0.15) is 5.75 Å². The summed E-state index contributed by atoms with van der Waals surface area (Å²) in [6.45, 7) is 4.48. The smallest absolute Gasteiger partial charge is 0.416 e. The molecule has 0 spiro atoms. The van der Waals surface area contributed by atoms with Gasteiger partial charge in [-0.25, -0.2) is 13.2 Å². The largest absolute Gasteiger partial charge is 0.492 e. The van der Waals surface area contributed by atoms with Gasteiger partial charge in [0.2, 0.25) is 10.0 Å². The molecule has 8 nitrogen and oxygen atoms in total. The highest BCUT2D eigenvalue weighted by Gasteiger charge is 2.32. The Labute approximate surface area is 196 Å². The monoisotopic (exact) mass is 501 g/mol. The second-order valence-electron chi connectivity index (χ2n) is 7.38. The molecule has 1 heterocycles. The minimum atomic E-state index is -4.45. The maximum atomic E-state index is 13.2. The number of sulfonamides is 1. The van der Waals surface area contributed by atoms with Crippen molar-refractivity contribution in [2.24, 2.45) is 0 Å². The zero-order chi connectivity index (χ0) is 24.9. The van der Waals surface area contributed by atoms with Gasteiger partial charge in [-0.1, -0.05) is 6.07 Å². The van der Waals surface area contributed by atoms with Gasteiger partial charge in [-0.2, -0.15) is 17.5 Å². The lowest BCUT2D eigenvalue weighted by molar-refractivity contribution is -0.137. The van der Waals surface area contributed by atoms with Crippen molar-refractivity contribution < 1.29 is 35.9 Å². The summed E-state index contributed by atoms with van der Waals surface area (Å²) in [5.41, 5.74) is -0.214. The lowest BCUT2D eigenvalue weighted by Gasteiger charge is -2.35. The quantitative estimate of drug-likeness (QED) is 0.613. The Morgan fingerprint density at radius 1 is 1.03 bits per heavy atom. The van der Waals surface area contributed by atoms with E-state index in [0.717, 1.165) is 12.1 Å². The molecule has 0 aromatic heterocycles. The fraction of sp³-hybridized carbons (Fsp3) is 0.409. The van der Waals surface area contributed by atoms with Gasteiger partial charge < -0.3 is 14.4 Å². The Bertz CT molecular complexity index is 1120. The summed E-state index contributed by atoms with van der Waals surface area (Å²) in [6.07, 6.45) is -5.20. The van der Waals surface area contributed by atoms with Crippen molar-refractivity contribution in [1.82, 2.24) is 4.31 Å². The Morgan fingerprint density at radius 2 is 1.74 bits per heavy atom. The van der Waals surface area contributed by atoms with Crippen LogP contribution in [0.25, 0.3) is 0 Å². The van der Waals surface area contributed by atoms with Crippen LogP contribution in [0.1, 0.15) is 19.4 Å². The molecule has 0 atom stereocenters. The minimum Gasteiger partial charge on any atom is -0.492 e. The zero-order valence-corrected chi connectivity index (χ0v) is 19.6. The number of nitrogens with one attached hydrogen (secondary N) is 1. The Hall–Kier alpha value is -2.99. The van der Waals surface area contributed by atoms with Crippen molar-refractivity contribution in [1.29, 1.82) is 0 Å². The number of carbonyl (C=O) groups excluding carboxylic acids is 1. The SMILES string of the molecule is CCOC(=O)Nc1cc(S(=O)(=O)N2CCN(c3cccc(C(F)(F)F)c3)CC2)ccc1OCC. The number of nitrogens with zero attached hydrogens (tertiary/aromatic N) is 2. The van der Waals surface area contributed by atoms with Gasteiger partial charge in [-0.15, -0.1) is 0 Å². The number of ether oxygens (including phenoxy) is 2. The number of hydrogen-bond acceptors (Lipinski definition) is 6. The van der Waals surface area contributed by atoms with Gasteiger partial charge >= 0.3 is 12.3 Å². The van der Waals surface area contributed by atoms with Crippen molar-refractivity contribution in [3.63, 3.8) is 0 Å². The average molecular weight is 502 g/mol. The zero-order valence-electron chi connectivity index (χ0n) is 18.8. The molecule has 1 fully saturated rings. The first-order valence-corrected chi connectivity index (χ1v) is 12.1. The summed E-state index contributed by atoms with van der Waals surface area (Å²) >= 11 is 0. The Morgan fingerprint density at radius 3 is 2.35 bits per heavy atom. The van der Waals surface area contributed by atoms with Crippen LogP contribution in [0.5, 0.6) is 5.75 Å². The molecule has 1 N–H and O–H groups in total. The highest BCUT2D eigenvalue weighted by atomic mass is 32.2. The second kappa shape index (κ2) is 10.5. The molecule has 0 bridgehead atoms. The number of alkyl halides is 3. The van der Waals surface area contributed by atoms with Crippen molar-refractivity contribution in [2.75, 3.05) is 49.6 Å². The van der Waals surface area contributed by atoms with Crippen LogP contribution in [0.3, 0.4) is 0 Å². The van der Waals surface area contributed by atoms with E-state index >= 15 is 0 Å². The van der Waals surface area contributed by atoms with Crippen LogP contribution >= 0.6 is 0 Å². The highest BCUT2D eigenvalue weighted by Crippen LogP contribution is 2.33. The Balaban J connectivity index is 1.77. The number of carbonyl (C=O) groups is 1. The fourth-order valence-electron chi connectivity index (χ4n) is 3.54. The molecule has 12 heteroatoms. The summed E-state index contributed by atoms with van der Waals surface area (Å²) in [5, 5.41) is 2.49. The van der Waals surface area contributed by atoms with E-state index in [4.69, 9.17) is 9.47 Å². The molecule has 3 rings (SSSR count). The summed E-state index contributed by atoms with van der Waals surface area (Å²) in [6, 6.07) is 9.10. The first kappa shape index (κ1) is 25.6. The van der Waals surface area contributed by atoms with Gasteiger partial charge in [0.15, 0.2) is 0 Å². The van der Waals surface area contributed by atoms with E-state index in [1.165, 1.54) is 28.6 Å². The van der Waals surface area contributed by atoms with Gasteiger partial charge in [0.25, 0.3) is 0 Å². The first-order chi connectivity index (χ1) is 16.1. The van der Waals surface area contributed by atoms with Gasteiger partial charge in [0, 0.05) is 31.9 Å². The van der Waals surface area contributed by atoms with Gasteiger partial charge in [-0.05, 0) is 50.2 Å². The van der Waals surface area contributed by atoms with E-state index in [9.17, 15) is 26.4 Å². The molecule has 0 aliphatic carbocycles. The number of hydrogen-bond donors (Lipinski definition) is 1. The maximum absolute atomic E-state index is 13.2. The predicted molar refractivity (Wildman–Crippen MR) is 121 cm³/mol. The summed E-state index contributed by atoms with van der Waals surface area (Å²) in [7, 11) is -3.92. The number of halogens is 3. The maximum Gasteiger partial charge on any atom is 0.416 e. The molecule has 2 aromatic carbocycles. The van der Waals surface area contributed by atoms with E-state index in [1.807, 2.05) is 0 Å². The number of amides is 1. The van der Waals surface area contributed by atoms with E-state index in [0.29, 0.717) is 18.0 Å². The number of rotatable bonds is 7. The van der Waals surface area contributed by atoms with Crippen molar-refractivity contribution in [3.05, 3.63) is 48.0 Å².